The molecule has 0 aliphatic rings. The third-order valence-corrected chi connectivity index (χ3v) is 4.58. The van der Waals surface area contributed by atoms with Crippen LogP contribution in [0.25, 0.3) is 0 Å². The standard InChI is InChI=1S/C15H23N3O4S2/c1-9(2)22-14(19)17-10-6-7-11(13(16)23)12(8-10)24(20,21)18-15(3,4)5/h6-9,18H,1-5H3,(H2,16,23)(H,17,19). The van der Waals surface area contributed by atoms with Crippen LogP contribution in [0.2, 0.25) is 0 Å². The zero-order chi connectivity index (χ0) is 18.7. The highest BCUT2D eigenvalue weighted by Crippen LogP contribution is 2.22. The maximum absolute atomic E-state index is 12.6. The smallest absolute Gasteiger partial charge is 0.411 e. The normalized spacial score (nSPS) is 12.1. The van der Waals surface area contributed by atoms with E-state index >= 15 is 0 Å². The molecule has 0 aliphatic heterocycles. The Morgan fingerprint density at radius 2 is 1.88 bits per heavy atom. The SMILES string of the molecule is CC(C)OC(=O)Nc1ccc(C(N)=S)c(S(=O)(=O)NC(C)(C)C)c1. The summed E-state index contributed by atoms with van der Waals surface area (Å²) >= 11 is 4.92. The van der Waals surface area contributed by atoms with Crippen LogP contribution in [0.3, 0.4) is 0 Å². The van der Waals surface area contributed by atoms with Crippen LogP contribution in [0.15, 0.2) is 23.1 Å². The Kier molecular flexibility index (Phi) is 6.32. The average Bonchev–Trinajstić information content (AvgIpc) is 2.34. The van der Waals surface area contributed by atoms with Crippen LogP contribution in [0.4, 0.5) is 10.5 Å². The predicted octanol–water partition coefficient (Wildman–Crippen LogP) is 2.35. The van der Waals surface area contributed by atoms with E-state index < -0.39 is 21.7 Å². The molecule has 0 unspecified atom stereocenters. The molecule has 1 amide bonds. The summed E-state index contributed by atoms with van der Waals surface area (Å²) in [6.07, 6.45) is -0.980. The average molecular weight is 374 g/mol. The third kappa shape index (κ3) is 6.06. The molecule has 0 fully saturated rings. The molecule has 0 radical (unpaired) electrons. The number of benzene rings is 1. The van der Waals surface area contributed by atoms with Gasteiger partial charge >= 0.3 is 6.09 Å². The van der Waals surface area contributed by atoms with E-state index in [4.69, 9.17) is 22.7 Å². The lowest BCUT2D eigenvalue weighted by molar-refractivity contribution is 0.130. The van der Waals surface area contributed by atoms with Gasteiger partial charge in [0, 0.05) is 16.8 Å². The fourth-order valence-corrected chi connectivity index (χ4v) is 3.75. The number of carbonyl (C=O) groups excluding carboxylic acids is 1. The zero-order valence-electron chi connectivity index (χ0n) is 14.3. The lowest BCUT2D eigenvalue weighted by atomic mass is 10.1. The van der Waals surface area contributed by atoms with Crippen molar-refractivity contribution in [1.82, 2.24) is 4.72 Å². The lowest BCUT2D eigenvalue weighted by Crippen LogP contribution is -2.41. The minimum atomic E-state index is -3.88. The van der Waals surface area contributed by atoms with Crippen molar-refractivity contribution in [2.24, 2.45) is 5.73 Å². The summed E-state index contributed by atoms with van der Waals surface area (Å²) in [5.74, 6) is 0. The minimum Gasteiger partial charge on any atom is -0.447 e. The third-order valence-electron chi connectivity index (χ3n) is 2.57. The van der Waals surface area contributed by atoms with Gasteiger partial charge in [-0.2, -0.15) is 0 Å². The molecule has 0 bridgehead atoms. The molecule has 0 spiro atoms. The summed E-state index contributed by atoms with van der Waals surface area (Å²) < 4.78 is 32.7. The van der Waals surface area contributed by atoms with Crippen molar-refractivity contribution < 1.29 is 17.9 Å². The zero-order valence-corrected chi connectivity index (χ0v) is 16.0. The number of hydrogen-bond acceptors (Lipinski definition) is 5. The van der Waals surface area contributed by atoms with E-state index in [0.29, 0.717) is 0 Å². The molecule has 0 aliphatic carbocycles. The van der Waals surface area contributed by atoms with Crippen molar-refractivity contribution in [3.05, 3.63) is 23.8 Å². The maximum Gasteiger partial charge on any atom is 0.411 e. The number of ether oxygens (including phenoxy) is 1. The lowest BCUT2D eigenvalue weighted by Gasteiger charge is -2.22. The molecule has 9 heteroatoms. The van der Waals surface area contributed by atoms with E-state index in [1.165, 1.54) is 18.2 Å². The van der Waals surface area contributed by atoms with Crippen molar-refractivity contribution in [3.8, 4) is 0 Å². The first-order valence-corrected chi connectivity index (χ1v) is 9.16. The van der Waals surface area contributed by atoms with Gasteiger partial charge in [0.25, 0.3) is 0 Å². The fraction of sp³-hybridized carbons (Fsp3) is 0.467. The molecule has 0 atom stereocenters. The summed E-state index contributed by atoms with van der Waals surface area (Å²) in [6.45, 7) is 8.56. The van der Waals surface area contributed by atoms with Crippen LogP contribution in [-0.4, -0.2) is 31.1 Å². The Morgan fingerprint density at radius 1 is 1.29 bits per heavy atom. The summed E-state index contributed by atoms with van der Waals surface area (Å²) in [6, 6.07) is 4.25. The van der Waals surface area contributed by atoms with Crippen molar-refractivity contribution in [2.45, 2.75) is 51.2 Å². The van der Waals surface area contributed by atoms with Gasteiger partial charge in [-0.3, -0.25) is 5.32 Å². The van der Waals surface area contributed by atoms with Crippen molar-refractivity contribution in [1.29, 1.82) is 0 Å². The van der Waals surface area contributed by atoms with Gasteiger partial charge in [0.15, 0.2) is 0 Å². The number of nitrogens with two attached hydrogens (primary N) is 1. The largest absolute Gasteiger partial charge is 0.447 e. The number of rotatable bonds is 5. The molecular formula is C15H23N3O4S2. The molecule has 1 rings (SSSR count). The number of thiocarbonyl (C=S) groups is 1. The maximum atomic E-state index is 12.6. The van der Waals surface area contributed by atoms with Crippen LogP contribution in [-0.2, 0) is 14.8 Å². The van der Waals surface area contributed by atoms with Crippen molar-refractivity contribution in [2.75, 3.05) is 5.32 Å². The number of carbonyl (C=O) groups is 1. The van der Waals surface area contributed by atoms with Gasteiger partial charge in [0.05, 0.1) is 11.0 Å². The second-order valence-corrected chi connectivity index (χ2v) is 8.60. The molecule has 0 saturated heterocycles. The van der Waals surface area contributed by atoms with Gasteiger partial charge < -0.3 is 10.5 Å². The Balaban J connectivity index is 3.28. The van der Waals surface area contributed by atoms with Crippen LogP contribution in [0.5, 0.6) is 0 Å². The van der Waals surface area contributed by atoms with E-state index in [1.54, 1.807) is 34.6 Å². The molecular weight excluding hydrogens is 350 g/mol. The Bertz CT molecular complexity index is 738. The van der Waals surface area contributed by atoms with E-state index in [-0.39, 0.29) is 27.2 Å². The number of hydrogen-bond donors (Lipinski definition) is 3. The first-order valence-electron chi connectivity index (χ1n) is 7.27. The molecule has 0 saturated carbocycles. The molecule has 0 heterocycles. The molecule has 1 aromatic carbocycles. The highest BCUT2D eigenvalue weighted by molar-refractivity contribution is 7.89. The van der Waals surface area contributed by atoms with Gasteiger partial charge in [0.2, 0.25) is 10.0 Å². The molecule has 7 nitrogen and oxygen atoms in total. The van der Waals surface area contributed by atoms with Gasteiger partial charge in [-0.15, -0.1) is 0 Å². The number of amides is 1. The summed E-state index contributed by atoms with van der Waals surface area (Å²) in [4.78, 5) is 11.5. The number of sulfonamides is 1. The number of anilines is 1. The van der Waals surface area contributed by atoms with Gasteiger partial charge in [-0.1, -0.05) is 12.2 Å². The highest BCUT2D eigenvalue weighted by Gasteiger charge is 2.26. The Labute approximate surface area is 148 Å². The summed E-state index contributed by atoms with van der Waals surface area (Å²) in [7, 11) is -3.88. The van der Waals surface area contributed by atoms with E-state index in [9.17, 15) is 13.2 Å². The second-order valence-electron chi connectivity index (χ2n) is 6.51. The molecule has 1 aromatic rings. The van der Waals surface area contributed by atoms with Crippen molar-refractivity contribution >= 4 is 39.0 Å². The van der Waals surface area contributed by atoms with Crippen molar-refractivity contribution in [3.63, 3.8) is 0 Å². The first kappa shape index (κ1) is 20.3. The summed E-state index contributed by atoms with van der Waals surface area (Å²) in [5, 5.41) is 2.48. The molecule has 134 valence electrons. The van der Waals surface area contributed by atoms with Crippen LogP contribution in [0, 0.1) is 0 Å². The summed E-state index contributed by atoms with van der Waals surface area (Å²) in [5.41, 5.74) is 5.39. The van der Waals surface area contributed by atoms with E-state index in [2.05, 4.69) is 10.0 Å². The molecule has 0 aromatic heterocycles. The number of nitrogens with one attached hydrogen (secondary N) is 2. The molecule has 24 heavy (non-hydrogen) atoms. The van der Waals surface area contributed by atoms with Crippen LogP contribution >= 0.6 is 12.2 Å². The topological polar surface area (TPSA) is 111 Å². The van der Waals surface area contributed by atoms with Gasteiger partial charge in [0.1, 0.15) is 4.99 Å². The quantitative estimate of drug-likeness (QED) is 0.683. The molecule has 4 N–H and O–H groups in total. The Hall–Kier alpha value is -1.71. The predicted molar refractivity (Wildman–Crippen MR) is 97.6 cm³/mol. The highest BCUT2D eigenvalue weighted by atomic mass is 32.2. The monoisotopic (exact) mass is 373 g/mol. The minimum absolute atomic E-state index is 0.0550. The van der Waals surface area contributed by atoms with E-state index in [1.807, 2.05) is 0 Å². The fourth-order valence-electron chi connectivity index (χ4n) is 1.85. The van der Waals surface area contributed by atoms with E-state index in [0.717, 1.165) is 0 Å². The Morgan fingerprint density at radius 3 is 2.33 bits per heavy atom. The second kappa shape index (κ2) is 7.45. The van der Waals surface area contributed by atoms with Gasteiger partial charge in [-0.25, -0.2) is 17.9 Å². The van der Waals surface area contributed by atoms with Crippen LogP contribution < -0.4 is 15.8 Å². The van der Waals surface area contributed by atoms with Crippen LogP contribution in [0.1, 0.15) is 40.2 Å². The first-order chi connectivity index (χ1) is 10.8. The van der Waals surface area contributed by atoms with Gasteiger partial charge in [-0.05, 0) is 52.8 Å².